The summed E-state index contributed by atoms with van der Waals surface area (Å²) in [6.45, 7) is 8.75. The van der Waals surface area contributed by atoms with E-state index in [4.69, 9.17) is 9.73 Å². The van der Waals surface area contributed by atoms with Gasteiger partial charge in [0.1, 0.15) is 0 Å². The molecule has 30 heavy (non-hydrogen) atoms. The summed E-state index contributed by atoms with van der Waals surface area (Å²) >= 11 is 0. The molecule has 1 atom stereocenters. The van der Waals surface area contributed by atoms with Gasteiger partial charge in [0.2, 0.25) is 0 Å². The Morgan fingerprint density at radius 1 is 1.20 bits per heavy atom. The molecule has 1 unspecified atom stereocenters. The van der Waals surface area contributed by atoms with Crippen LogP contribution in [-0.4, -0.2) is 73.2 Å². The van der Waals surface area contributed by atoms with E-state index in [-0.39, 0.29) is 18.1 Å². The number of hydrogen-bond donors (Lipinski definition) is 4. The third-order valence-electron chi connectivity index (χ3n) is 6.21. The van der Waals surface area contributed by atoms with Gasteiger partial charge < -0.3 is 25.6 Å². The Balaban J connectivity index is 1.51. The Kier molecular flexibility index (Phi) is 8.93. The number of hydrogen-bond acceptors (Lipinski definition) is 5. The Morgan fingerprint density at radius 2 is 1.93 bits per heavy atom. The van der Waals surface area contributed by atoms with Crippen molar-refractivity contribution in [2.75, 3.05) is 46.0 Å². The second-order valence-corrected chi connectivity index (χ2v) is 8.65. The van der Waals surface area contributed by atoms with Crippen LogP contribution >= 0.6 is 0 Å². The number of likely N-dealkylation sites (tertiary alicyclic amines) is 1. The fraction of sp³-hybridized carbons (Fsp3) is 0.696. The number of piperidine rings is 1. The molecule has 0 radical (unpaired) electrons. The summed E-state index contributed by atoms with van der Waals surface area (Å²) in [5, 5.41) is 25.8. The van der Waals surface area contributed by atoms with E-state index in [1.807, 2.05) is 0 Å². The zero-order valence-corrected chi connectivity index (χ0v) is 18.3. The second-order valence-electron chi connectivity index (χ2n) is 8.65. The van der Waals surface area contributed by atoms with Gasteiger partial charge in [0.15, 0.2) is 5.96 Å². The normalized spacial score (nSPS) is 23.6. The minimum atomic E-state index is -0.124. The Bertz CT molecular complexity index is 651. The Morgan fingerprint density at radius 3 is 2.57 bits per heavy atom. The highest BCUT2D eigenvalue weighted by molar-refractivity contribution is 5.79. The molecule has 1 aromatic carbocycles. The zero-order valence-electron chi connectivity index (χ0n) is 18.3. The molecule has 2 saturated heterocycles. The van der Waals surface area contributed by atoms with Crippen LogP contribution in [0.5, 0.6) is 0 Å². The maximum absolute atomic E-state index is 9.65. The molecular formula is C23H38N4O3. The third kappa shape index (κ3) is 6.94. The summed E-state index contributed by atoms with van der Waals surface area (Å²) in [6, 6.07) is 8.67. The van der Waals surface area contributed by atoms with Gasteiger partial charge in [-0.25, -0.2) is 4.99 Å². The number of nitrogens with one attached hydrogen (secondary N) is 2. The van der Waals surface area contributed by atoms with Crippen LogP contribution in [0.2, 0.25) is 0 Å². The number of nitrogens with zero attached hydrogens (tertiary/aromatic N) is 2. The molecule has 2 aliphatic heterocycles. The standard InChI is InChI=1S/C23H38N4O3/c1-2-24-22(26-17-23(9-13-28)10-14-30-18-23)25-15-19-3-5-20(6-4-19)16-27-11-7-21(29)8-12-27/h3-6,21,28-29H,2,7-18H2,1H3,(H2,24,25,26). The van der Waals surface area contributed by atoms with Crippen LogP contribution in [0.15, 0.2) is 29.3 Å². The van der Waals surface area contributed by atoms with E-state index in [9.17, 15) is 10.2 Å². The van der Waals surface area contributed by atoms with Crippen LogP contribution < -0.4 is 10.6 Å². The number of guanidine groups is 1. The highest BCUT2D eigenvalue weighted by Gasteiger charge is 2.34. The van der Waals surface area contributed by atoms with Crippen molar-refractivity contribution in [3.63, 3.8) is 0 Å². The van der Waals surface area contributed by atoms with Crippen molar-refractivity contribution in [2.24, 2.45) is 10.4 Å². The fourth-order valence-corrected chi connectivity index (χ4v) is 4.18. The van der Waals surface area contributed by atoms with E-state index < -0.39 is 0 Å². The monoisotopic (exact) mass is 418 g/mol. The SMILES string of the molecule is CCNC(=NCc1ccc(CN2CCC(O)CC2)cc1)NCC1(CCO)CCOC1. The average molecular weight is 419 g/mol. The van der Waals surface area contributed by atoms with Crippen LogP contribution in [0.1, 0.15) is 43.7 Å². The quantitative estimate of drug-likeness (QED) is 0.359. The lowest BCUT2D eigenvalue weighted by Crippen LogP contribution is -2.44. The van der Waals surface area contributed by atoms with E-state index in [0.29, 0.717) is 13.2 Å². The first-order chi connectivity index (χ1) is 14.6. The fourth-order valence-electron chi connectivity index (χ4n) is 4.18. The lowest BCUT2D eigenvalue weighted by molar-refractivity contribution is 0.0792. The summed E-state index contributed by atoms with van der Waals surface area (Å²) in [5.74, 6) is 0.803. The van der Waals surface area contributed by atoms with E-state index in [0.717, 1.165) is 71.0 Å². The second kappa shape index (κ2) is 11.6. The molecule has 3 rings (SSSR count). The van der Waals surface area contributed by atoms with Crippen molar-refractivity contribution in [1.29, 1.82) is 0 Å². The molecule has 2 fully saturated rings. The predicted octanol–water partition coefficient (Wildman–Crippen LogP) is 1.49. The van der Waals surface area contributed by atoms with Crippen LogP contribution in [0.25, 0.3) is 0 Å². The predicted molar refractivity (Wildman–Crippen MR) is 119 cm³/mol. The van der Waals surface area contributed by atoms with E-state index in [2.05, 4.69) is 46.7 Å². The first-order valence-electron chi connectivity index (χ1n) is 11.3. The third-order valence-corrected chi connectivity index (χ3v) is 6.21. The number of rotatable bonds is 9. The smallest absolute Gasteiger partial charge is 0.191 e. The topological polar surface area (TPSA) is 89.4 Å². The summed E-state index contributed by atoms with van der Waals surface area (Å²) in [6.07, 6.45) is 3.34. The molecule has 7 heteroatoms. The van der Waals surface area contributed by atoms with Gasteiger partial charge in [-0.15, -0.1) is 0 Å². The molecule has 0 saturated carbocycles. The summed E-state index contributed by atoms with van der Waals surface area (Å²) < 4.78 is 5.58. The number of ether oxygens (including phenoxy) is 1. The van der Waals surface area contributed by atoms with E-state index in [1.165, 1.54) is 11.1 Å². The maximum atomic E-state index is 9.65. The van der Waals surface area contributed by atoms with Gasteiger partial charge in [-0.2, -0.15) is 0 Å². The maximum Gasteiger partial charge on any atom is 0.191 e. The lowest BCUT2D eigenvalue weighted by Gasteiger charge is -2.29. The number of aliphatic hydroxyl groups excluding tert-OH is 2. The van der Waals surface area contributed by atoms with Gasteiger partial charge in [-0.05, 0) is 43.7 Å². The van der Waals surface area contributed by atoms with Gasteiger partial charge >= 0.3 is 0 Å². The molecule has 0 aliphatic carbocycles. The van der Waals surface area contributed by atoms with Crippen molar-refractivity contribution in [3.05, 3.63) is 35.4 Å². The highest BCUT2D eigenvalue weighted by Crippen LogP contribution is 2.31. The summed E-state index contributed by atoms with van der Waals surface area (Å²) in [4.78, 5) is 7.15. The molecule has 4 N–H and O–H groups in total. The van der Waals surface area contributed by atoms with Gasteiger partial charge in [0.05, 0.1) is 19.3 Å². The highest BCUT2D eigenvalue weighted by atomic mass is 16.5. The van der Waals surface area contributed by atoms with Crippen molar-refractivity contribution >= 4 is 5.96 Å². The summed E-state index contributed by atoms with van der Waals surface area (Å²) in [5.41, 5.74) is 2.48. The molecule has 0 amide bonds. The average Bonchev–Trinajstić information content (AvgIpc) is 3.22. The molecule has 0 spiro atoms. The molecule has 0 bridgehead atoms. The van der Waals surface area contributed by atoms with Crippen molar-refractivity contribution in [1.82, 2.24) is 15.5 Å². The van der Waals surface area contributed by atoms with Gasteiger partial charge in [0.25, 0.3) is 0 Å². The van der Waals surface area contributed by atoms with Crippen molar-refractivity contribution < 1.29 is 14.9 Å². The van der Waals surface area contributed by atoms with Gasteiger partial charge in [-0.3, -0.25) is 4.90 Å². The van der Waals surface area contributed by atoms with Gasteiger partial charge in [0, 0.05) is 51.4 Å². The number of aliphatic imine (C=N–C) groups is 1. The first-order valence-corrected chi connectivity index (χ1v) is 11.3. The van der Waals surface area contributed by atoms with Crippen LogP contribution in [0, 0.1) is 5.41 Å². The van der Waals surface area contributed by atoms with Crippen LogP contribution in [0.4, 0.5) is 0 Å². The molecule has 168 valence electrons. The molecule has 2 heterocycles. The Labute approximate surface area is 180 Å². The van der Waals surface area contributed by atoms with Gasteiger partial charge in [-0.1, -0.05) is 24.3 Å². The van der Waals surface area contributed by atoms with Crippen molar-refractivity contribution in [2.45, 2.75) is 51.8 Å². The summed E-state index contributed by atoms with van der Waals surface area (Å²) in [7, 11) is 0. The number of benzene rings is 1. The molecule has 0 aromatic heterocycles. The minimum Gasteiger partial charge on any atom is -0.396 e. The first kappa shape index (κ1) is 23.0. The molecule has 2 aliphatic rings. The molecular weight excluding hydrogens is 380 g/mol. The van der Waals surface area contributed by atoms with E-state index >= 15 is 0 Å². The lowest BCUT2D eigenvalue weighted by atomic mass is 9.84. The number of aliphatic hydroxyl groups is 2. The van der Waals surface area contributed by atoms with E-state index in [1.54, 1.807) is 0 Å². The largest absolute Gasteiger partial charge is 0.396 e. The zero-order chi connectivity index (χ0) is 21.2. The van der Waals surface area contributed by atoms with Crippen LogP contribution in [-0.2, 0) is 17.8 Å². The minimum absolute atomic E-state index is 0.00289. The molecule has 1 aromatic rings. The van der Waals surface area contributed by atoms with Crippen LogP contribution in [0.3, 0.4) is 0 Å². The van der Waals surface area contributed by atoms with Crippen molar-refractivity contribution in [3.8, 4) is 0 Å². The Hall–Kier alpha value is -1.67. The molecule has 7 nitrogen and oxygen atoms in total.